The van der Waals surface area contributed by atoms with Gasteiger partial charge in [0.05, 0.1) is 33.9 Å². The Morgan fingerprint density at radius 2 is 1.97 bits per heavy atom. The van der Waals surface area contributed by atoms with Crippen LogP contribution in [0.1, 0.15) is 26.7 Å². The summed E-state index contributed by atoms with van der Waals surface area (Å²) in [6.07, 6.45) is 0.496. The van der Waals surface area contributed by atoms with E-state index in [0.29, 0.717) is 30.2 Å². The van der Waals surface area contributed by atoms with Crippen LogP contribution in [0, 0.1) is 0 Å². The Hall–Kier alpha value is -2.52. The maximum absolute atomic E-state index is 12.7. The van der Waals surface area contributed by atoms with Gasteiger partial charge in [0.2, 0.25) is 11.8 Å². The van der Waals surface area contributed by atoms with Crippen LogP contribution in [0.25, 0.3) is 0 Å². The number of anilines is 2. The van der Waals surface area contributed by atoms with E-state index in [-0.39, 0.29) is 28.2 Å². The van der Waals surface area contributed by atoms with Crippen LogP contribution in [0.3, 0.4) is 0 Å². The molecule has 0 aromatic heterocycles. The van der Waals surface area contributed by atoms with Crippen LogP contribution in [0.4, 0.5) is 11.4 Å². The molecule has 0 radical (unpaired) electrons. The third-order valence-electron chi connectivity index (χ3n) is 4.56. The molecular formula is C21H24N2O5S2. The number of hydrogen-bond acceptors (Lipinski definition) is 6. The van der Waals surface area contributed by atoms with Crippen molar-refractivity contribution in [1.82, 2.24) is 0 Å². The molecule has 2 N–H and O–H groups in total. The predicted molar refractivity (Wildman–Crippen MR) is 118 cm³/mol. The third-order valence-corrected chi connectivity index (χ3v) is 7.71. The Morgan fingerprint density at radius 3 is 2.70 bits per heavy atom. The van der Waals surface area contributed by atoms with Gasteiger partial charge in [0.15, 0.2) is 9.84 Å². The Kier molecular flexibility index (Phi) is 7.04. The van der Waals surface area contributed by atoms with Gasteiger partial charge >= 0.3 is 0 Å². The number of fused-ring (bicyclic) bond motifs is 1. The van der Waals surface area contributed by atoms with Crippen LogP contribution in [0.15, 0.2) is 52.3 Å². The van der Waals surface area contributed by atoms with Crippen molar-refractivity contribution in [2.24, 2.45) is 0 Å². The first-order valence-electron chi connectivity index (χ1n) is 9.70. The lowest BCUT2D eigenvalue weighted by molar-refractivity contribution is -0.116. The summed E-state index contributed by atoms with van der Waals surface area (Å²) in [5.74, 6) is -0.354. The molecule has 2 aromatic rings. The number of rotatable bonds is 8. The van der Waals surface area contributed by atoms with Gasteiger partial charge in [0.1, 0.15) is 5.75 Å². The molecule has 0 unspecified atom stereocenters. The topological polar surface area (TPSA) is 102 Å². The van der Waals surface area contributed by atoms with Gasteiger partial charge in [-0.3, -0.25) is 9.59 Å². The normalized spacial score (nSPS) is 15.8. The van der Waals surface area contributed by atoms with Crippen LogP contribution in [0.2, 0.25) is 0 Å². The van der Waals surface area contributed by atoms with E-state index in [0.717, 1.165) is 4.90 Å². The number of para-hydroxylation sites is 2. The van der Waals surface area contributed by atoms with E-state index in [1.807, 2.05) is 13.8 Å². The first kappa shape index (κ1) is 22.2. The highest BCUT2D eigenvalue weighted by atomic mass is 32.2. The van der Waals surface area contributed by atoms with Crippen molar-refractivity contribution >= 4 is 44.8 Å². The van der Waals surface area contributed by atoms with E-state index in [2.05, 4.69) is 10.6 Å². The van der Waals surface area contributed by atoms with E-state index < -0.39 is 15.7 Å². The van der Waals surface area contributed by atoms with Crippen molar-refractivity contribution in [2.45, 2.75) is 41.7 Å². The SMILES string of the molecule is CCOc1ccccc1NC(=O)CCS(=O)(=O)c1ccc2c(c1)NC(=O)[C@H](CC)S2. The van der Waals surface area contributed by atoms with Crippen LogP contribution in [-0.4, -0.2) is 37.8 Å². The molecule has 9 heteroatoms. The van der Waals surface area contributed by atoms with Gasteiger partial charge in [-0.1, -0.05) is 19.1 Å². The molecular weight excluding hydrogens is 424 g/mol. The maximum atomic E-state index is 12.7. The van der Waals surface area contributed by atoms with Crippen LogP contribution in [-0.2, 0) is 19.4 Å². The average molecular weight is 449 g/mol. The summed E-state index contributed by atoms with van der Waals surface area (Å²) in [6.45, 7) is 4.22. The first-order valence-corrected chi connectivity index (χ1v) is 12.2. The zero-order chi connectivity index (χ0) is 21.7. The second-order valence-electron chi connectivity index (χ2n) is 6.71. The molecule has 1 heterocycles. The van der Waals surface area contributed by atoms with Gasteiger partial charge in [-0.25, -0.2) is 8.42 Å². The highest BCUT2D eigenvalue weighted by Gasteiger charge is 2.27. The zero-order valence-electron chi connectivity index (χ0n) is 16.8. The van der Waals surface area contributed by atoms with Crippen molar-refractivity contribution in [3.63, 3.8) is 0 Å². The van der Waals surface area contributed by atoms with E-state index in [1.165, 1.54) is 23.9 Å². The highest BCUT2D eigenvalue weighted by Crippen LogP contribution is 2.38. The molecule has 1 aliphatic rings. The summed E-state index contributed by atoms with van der Waals surface area (Å²) in [5.41, 5.74) is 0.992. The quantitative estimate of drug-likeness (QED) is 0.638. The molecule has 0 saturated carbocycles. The minimum absolute atomic E-state index is 0.0830. The van der Waals surface area contributed by atoms with Gasteiger partial charge in [0, 0.05) is 11.3 Å². The van der Waals surface area contributed by atoms with Crippen molar-refractivity contribution in [3.8, 4) is 5.75 Å². The third kappa shape index (κ3) is 5.14. The lowest BCUT2D eigenvalue weighted by Crippen LogP contribution is -2.28. The number of hydrogen-bond donors (Lipinski definition) is 2. The van der Waals surface area contributed by atoms with E-state index in [9.17, 15) is 18.0 Å². The van der Waals surface area contributed by atoms with Crippen LogP contribution < -0.4 is 15.4 Å². The average Bonchev–Trinajstić information content (AvgIpc) is 2.73. The molecule has 0 spiro atoms. The summed E-state index contributed by atoms with van der Waals surface area (Å²) < 4.78 is 30.9. The van der Waals surface area contributed by atoms with E-state index in [4.69, 9.17) is 4.74 Å². The summed E-state index contributed by atoms with van der Waals surface area (Å²) in [6, 6.07) is 11.7. The highest BCUT2D eigenvalue weighted by molar-refractivity contribution is 8.01. The minimum Gasteiger partial charge on any atom is -0.492 e. The van der Waals surface area contributed by atoms with Gasteiger partial charge < -0.3 is 15.4 Å². The standard InChI is InChI=1S/C21H24N2O5S2/c1-3-18-21(25)23-16-13-14(9-10-19(16)29-18)30(26,27)12-11-20(24)22-15-7-5-6-8-17(15)28-4-2/h5-10,13,18H,3-4,11-12H2,1-2H3,(H,22,24)(H,23,25)/t18-/m0/s1. The van der Waals surface area contributed by atoms with Crippen molar-refractivity contribution in [2.75, 3.05) is 23.0 Å². The van der Waals surface area contributed by atoms with E-state index in [1.54, 1.807) is 30.3 Å². The van der Waals surface area contributed by atoms with Gasteiger partial charge in [-0.2, -0.15) is 0 Å². The maximum Gasteiger partial charge on any atom is 0.237 e. The monoisotopic (exact) mass is 448 g/mol. The number of benzene rings is 2. The lowest BCUT2D eigenvalue weighted by Gasteiger charge is -2.23. The summed E-state index contributed by atoms with van der Waals surface area (Å²) in [4.78, 5) is 25.3. The largest absolute Gasteiger partial charge is 0.492 e. The Morgan fingerprint density at radius 1 is 1.20 bits per heavy atom. The fourth-order valence-electron chi connectivity index (χ4n) is 3.00. The molecule has 3 rings (SSSR count). The zero-order valence-corrected chi connectivity index (χ0v) is 18.4. The Balaban J connectivity index is 1.67. The molecule has 0 fully saturated rings. The summed E-state index contributed by atoms with van der Waals surface area (Å²) in [7, 11) is -3.69. The molecule has 2 aromatic carbocycles. The molecule has 1 aliphatic heterocycles. The molecule has 0 bridgehead atoms. The van der Waals surface area contributed by atoms with E-state index >= 15 is 0 Å². The number of carbonyl (C=O) groups is 2. The molecule has 30 heavy (non-hydrogen) atoms. The first-order chi connectivity index (χ1) is 14.3. The number of carbonyl (C=O) groups excluding carboxylic acids is 2. The summed E-state index contributed by atoms with van der Waals surface area (Å²) in [5, 5.41) is 5.29. The predicted octanol–water partition coefficient (Wildman–Crippen LogP) is 3.71. The van der Waals surface area contributed by atoms with Crippen molar-refractivity contribution in [3.05, 3.63) is 42.5 Å². The number of amides is 2. The van der Waals surface area contributed by atoms with Crippen molar-refractivity contribution < 1.29 is 22.7 Å². The molecule has 2 amide bonds. The van der Waals surface area contributed by atoms with Crippen LogP contribution in [0.5, 0.6) is 5.75 Å². The fraction of sp³-hybridized carbons (Fsp3) is 0.333. The number of nitrogens with one attached hydrogen (secondary N) is 2. The van der Waals surface area contributed by atoms with Gasteiger partial charge in [0.25, 0.3) is 0 Å². The molecule has 160 valence electrons. The number of thioether (sulfide) groups is 1. The second-order valence-corrected chi connectivity index (χ2v) is 10.1. The van der Waals surface area contributed by atoms with Gasteiger partial charge in [-0.15, -0.1) is 11.8 Å². The second kappa shape index (κ2) is 9.53. The molecule has 0 aliphatic carbocycles. The smallest absolute Gasteiger partial charge is 0.237 e. The Labute approximate surface area is 180 Å². The molecule has 7 nitrogen and oxygen atoms in total. The van der Waals surface area contributed by atoms with Crippen molar-refractivity contribution in [1.29, 1.82) is 0 Å². The fourth-order valence-corrected chi connectivity index (χ4v) is 5.29. The van der Waals surface area contributed by atoms with Gasteiger partial charge in [-0.05, 0) is 43.7 Å². The van der Waals surface area contributed by atoms with Crippen LogP contribution >= 0.6 is 11.8 Å². The minimum atomic E-state index is -3.69. The number of ether oxygens (including phenoxy) is 1. The number of sulfone groups is 1. The molecule has 1 atom stereocenters. The summed E-state index contributed by atoms with van der Waals surface area (Å²) >= 11 is 1.43. The lowest BCUT2D eigenvalue weighted by atomic mass is 10.2. The Bertz CT molecular complexity index is 1050. The molecule has 0 saturated heterocycles.